The summed E-state index contributed by atoms with van der Waals surface area (Å²) in [6.45, 7) is 1.89. The van der Waals surface area contributed by atoms with Crippen molar-refractivity contribution in [3.05, 3.63) is 24.2 Å². The zero-order valence-electron chi connectivity index (χ0n) is 7.72. The standard InChI is InChI=1S/C9H11Cl2NO2/c1-9(11,6-10)8(13)12-5-7-3-2-4-14-7/h2-4H,5-6H2,1H3,(H,12,13). The highest BCUT2D eigenvalue weighted by Crippen LogP contribution is 2.16. The van der Waals surface area contributed by atoms with Crippen LogP contribution in [-0.2, 0) is 11.3 Å². The van der Waals surface area contributed by atoms with Crippen molar-refractivity contribution in [3.8, 4) is 0 Å². The molecule has 1 atom stereocenters. The molecule has 1 amide bonds. The fourth-order valence-electron chi connectivity index (χ4n) is 0.826. The predicted octanol–water partition coefficient (Wildman–Crippen LogP) is 2.13. The molecule has 0 aliphatic carbocycles. The summed E-state index contributed by atoms with van der Waals surface area (Å²) in [5.74, 6) is 0.449. The fraction of sp³-hybridized carbons (Fsp3) is 0.444. The third-order valence-electron chi connectivity index (χ3n) is 1.73. The van der Waals surface area contributed by atoms with E-state index in [-0.39, 0.29) is 11.8 Å². The van der Waals surface area contributed by atoms with E-state index in [1.165, 1.54) is 0 Å². The first-order chi connectivity index (χ1) is 6.56. The maximum atomic E-state index is 11.4. The predicted molar refractivity (Wildman–Crippen MR) is 55.5 cm³/mol. The van der Waals surface area contributed by atoms with E-state index in [0.29, 0.717) is 12.3 Å². The summed E-state index contributed by atoms with van der Waals surface area (Å²) in [6, 6.07) is 3.52. The highest BCUT2D eigenvalue weighted by atomic mass is 35.5. The second-order valence-electron chi connectivity index (χ2n) is 3.09. The zero-order chi connectivity index (χ0) is 10.6. The summed E-state index contributed by atoms with van der Waals surface area (Å²) in [5.41, 5.74) is 0. The molecular formula is C9H11Cl2NO2. The van der Waals surface area contributed by atoms with Gasteiger partial charge in [0.05, 0.1) is 18.7 Å². The van der Waals surface area contributed by atoms with Gasteiger partial charge in [-0.05, 0) is 19.1 Å². The molecule has 1 aromatic heterocycles. The van der Waals surface area contributed by atoms with Gasteiger partial charge in [0.25, 0.3) is 0 Å². The number of amides is 1. The Morgan fingerprint density at radius 1 is 1.71 bits per heavy atom. The summed E-state index contributed by atoms with van der Waals surface area (Å²) in [7, 11) is 0. The molecule has 0 fully saturated rings. The summed E-state index contributed by atoms with van der Waals surface area (Å²) < 4.78 is 5.04. The number of alkyl halides is 2. The number of furan rings is 1. The Morgan fingerprint density at radius 3 is 2.93 bits per heavy atom. The third kappa shape index (κ3) is 2.93. The minimum Gasteiger partial charge on any atom is -0.467 e. The van der Waals surface area contributed by atoms with Crippen LogP contribution < -0.4 is 5.32 Å². The molecule has 1 N–H and O–H groups in total. The van der Waals surface area contributed by atoms with Crippen LogP contribution in [0.4, 0.5) is 0 Å². The fourth-order valence-corrected chi connectivity index (χ4v) is 1.01. The average Bonchev–Trinajstić information content (AvgIpc) is 2.66. The Hall–Kier alpha value is -0.670. The van der Waals surface area contributed by atoms with Crippen LogP contribution in [-0.4, -0.2) is 16.7 Å². The van der Waals surface area contributed by atoms with Gasteiger partial charge in [-0.3, -0.25) is 4.79 Å². The lowest BCUT2D eigenvalue weighted by atomic mass is 10.2. The molecule has 0 aromatic carbocycles. The van der Waals surface area contributed by atoms with E-state index in [0.717, 1.165) is 0 Å². The van der Waals surface area contributed by atoms with Gasteiger partial charge in [0, 0.05) is 0 Å². The quantitative estimate of drug-likeness (QED) is 0.813. The molecule has 78 valence electrons. The maximum Gasteiger partial charge on any atom is 0.242 e. The van der Waals surface area contributed by atoms with Crippen molar-refractivity contribution in [2.24, 2.45) is 0 Å². The minimum absolute atomic E-state index is 0.0680. The third-order valence-corrected chi connectivity index (χ3v) is 2.70. The minimum atomic E-state index is -1.06. The molecule has 1 unspecified atom stereocenters. The van der Waals surface area contributed by atoms with Gasteiger partial charge < -0.3 is 9.73 Å². The molecule has 0 radical (unpaired) electrons. The van der Waals surface area contributed by atoms with E-state index in [2.05, 4.69) is 5.32 Å². The number of nitrogens with one attached hydrogen (secondary N) is 1. The number of hydrogen-bond donors (Lipinski definition) is 1. The molecular weight excluding hydrogens is 225 g/mol. The second kappa shape index (κ2) is 4.71. The SMILES string of the molecule is CC(Cl)(CCl)C(=O)NCc1ccco1. The zero-order valence-corrected chi connectivity index (χ0v) is 9.23. The molecule has 1 heterocycles. The van der Waals surface area contributed by atoms with Crippen molar-refractivity contribution in [1.82, 2.24) is 5.32 Å². The molecule has 0 bridgehead atoms. The number of halogens is 2. The van der Waals surface area contributed by atoms with Gasteiger partial charge in [-0.1, -0.05) is 0 Å². The largest absolute Gasteiger partial charge is 0.467 e. The van der Waals surface area contributed by atoms with Crippen LogP contribution in [0, 0.1) is 0 Å². The van der Waals surface area contributed by atoms with Crippen LogP contribution in [0.1, 0.15) is 12.7 Å². The average molecular weight is 236 g/mol. The Labute approximate surface area is 92.4 Å². The van der Waals surface area contributed by atoms with Gasteiger partial charge in [-0.2, -0.15) is 0 Å². The summed E-state index contributed by atoms with van der Waals surface area (Å²) in [6.07, 6.45) is 1.54. The van der Waals surface area contributed by atoms with Crippen LogP contribution in [0.3, 0.4) is 0 Å². The molecule has 14 heavy (non-hydrogen) atoms. The van der Waals surface area contributed by atoms with Gasteiger partial charge in [-0.25, -0.2) is 0 Å². The molecule has 0 spiro atoms. The Balaban J connectivity index is 2.43. The molecule has 0 aliphatic rings. The smallest absolute Gasteiger partial charge is 0.242 e. The van der Waals surface area contributed by atoms with Crippen molar-refractivity contribution < 1.29 is 9.21 Å². The Bertz CT molecular complexity index is 296. The van der Waals surface area contributed by atoms with Gasteiger partial charge in [-0.15, -0.1) is 23.2 Å². The molecule has 0 saturated heterocycles. The van der Waals surface area contributed by atoms with Crippen LogP contribution in [0.25, 0.3) is 0 Å². The van der Waals surface area contributed by atoms with Crippen molar-refractivity contribution in [2.75, 3.05) is 5.88 Å². The number of carbonyl (C=O) groups is 1. The van der Waals surface area contributed by atoms with Crippen LogP contribution >= 0.6 is 23.2 Å². The van der Waals surface area contributed by atoms with Crippen molar-refractivity contribution in [1.29, 1.82) is 0 Å². The summed E-state index contributed by atoms with van der Waals surface area (Å²) in [4.78, 5) is 10.4. The van der Waals surface area contributed by atoms with E-state index in [4.69, 9.17) is 27.6 Å². The van der Waals surface area contributed by atoms with Gasteiger partial charge in [0.15, 0.2) is 0 Å². The lowest BCUT2D eigenvalue weighted by Gasteiger charge is -2.17. The van der Waals surface area contributed by atoms with Crippen LogP contribution in [0.15, 0.2) is 22.8 Å². The molecule has 3 nitrogen and oxygen atoms in total. The Kier molecular flexibility index (Phi) is 3.84. The lowest BCUT2D eigenvalue weighted by molar-refractivity contribution is -0.123. The summed E-state index contributed by atoms with van der Waals surface area (Å²) >= 11 is 11.4. The normalized spacial score (nSPS) is 14.8. The first-order valence-electron chi connectivity index (χ1n) is 4.12. The topological polar surface area (TPSA) is 42.2 Å². The molecule has 1 aromatic rings. The monoisotopic (exact) mass is 235 g/mol. The van der Waals surface area contributed by atoms with Gasteiger partial charge >= 0.3 is 0 Å². The molecule has 1 rings (SSSR count). The van der Waals surface area contributed by atoms with Crippen LogP contribution in [0.5, 0.6) is 0 Å². The van der Waals surface area contributed by atoms with Crippen molar-refractivity contribution in [3.63, 3.8) is 0 Å². The maximum absolute atomic E-state index is 11.4. The van der Waals surface area contributed by atoms with Crippen molar-refractivity contribution >= 4 is 29.1 Å². The van der Waals surface area contributed by atoms with E-state index in [1.54, 1.807) is 25.3 Å². The number of hydrogen-bond acceptors (Lipinski definition) is 2. The van der Waals surface area contributed by atoms with Crippen LogP contribution in [0.2, 0.25) is 0 Å². The Morgan fingerprint density at radius 2 is 2.43 bits per heavy atom. The van der Waals surface area contributed by atoms with Gasteiger partial charge in [0.1, 0.15) is 10.6 Å². The second-order valence-corrected chi connectivity index (χ2v) is 4.19. The summed E-state index contributed by atoms with van der Waals surface area (Å²) in [5, 5.41) is 2.63. The molecule has 0 saturated carbocycles. The van der Waals surface area contributed by atoms with E-state index < -0.39 is 4.87 Å². The number of carbonyl (C=O) groups excluding carboxylic acids is 1. The van der Waals surface area contributed by atoms with E-state index in [1.807, 2.05) is 0 Å². The van der Waals surface area contributed by atoms with E-state index >= 15 is 0 Å². The molecule has 5 heteroatoms. The highest BCUT2D eigenvalue weighted by molar-refractivity contribution is 6.39. The first kappa shape index (κ1) is 11.4. The first-order valence-corrected chi connectivity index (χ1v) is 5.03. The highest BCUT2D eigenvalue weighted by Gasteiger charge is 2.29. The van der Waals surface area contributed by atoms with Gasteiger partial charge in [0.2, 0.25) is 5.91 Å². The molecule has 0 aliphatic heterocycles. The van der Waals surface area contributed by atoms with E-state index in [9.17, 15) is 4.79 Å². The van der Waals surface area contributed by atoms with Crippen molar-refractivity contribution in [2.45, 2.75) is 18.3 Å². The number of rotatable bonds is 4. The lowest BCUT2D eigenvalue weighted by Crippen LogP contribution is -2.41.